The van der Waals surface area contributed by atoms with E-state index in [9.17, 15) is 4.79 Å². The summed E-state index contributed by atoms with van der Waals surface area (Å²) in [4.78, 5) is 12.5. The predicted molar refractivity (Wildman–Crippen MR) is 83.8 cm³/mol. The van der Waals surface area contributed by atoms with E-state index in [1.165, 1.54) is 0 Å². The molecule has 1 fully saturated rings. The minimum absolute atomic E-state index is 0.0829. The van der Waals surface area contributed by atoms with Gasteiger partial charge in [0.05, 0.1) is 12.0 Å². The highest BCUT2D eigenvalue weighted by Gasteiger charge is 2.25. The van der Waals surface area contributed by atoms with Crippen molar-refractivity contribution in [2.45, 2.75) is 12.5 Å². The quantitative estimate of drug-likeness (QED) is 0.903. The predicted octanol–water partition coefficient (Wildman–Crippen LogP) is 2.50. The molecule has 1 aliphatic rings. The number of hydrogen-bond acceptors (Lipinski definition) is 2. The van der Waals surface area contributed by atoms with Crippen LogP contribution in [0.5, 0.6) is 0 Å². The molecule has 2 aromatic carbocycles. The summed E-state index contributed by atoms with van der Waals surface area (Å²) in [7, 11) is 0. The van der Waals surface area contributed by atoms with Crippen LogP contribution in [0.15, 0.2) is 60.7 Å². The summed E-state index contributed by atoms with van der Waals surface area (Å²) in [6.07, 6.45) is 0.919. The maximum atomic E-state index is 12.5. The molecule has 0 aromatic heterocycles. The highest BCUT2D eigenvalue weighted by Crippen LogP contribution is 2.22. The zero-order valence-electron chi connectivity index (χ0n) is 12.0. The number of hydrogen-bond donors (Lipinski definition) is 2. The molecule has 3 heteroatoms. The summed E-state index contributed by atoms with van der Waals surface area (Å²) in [5, 5.41) is 6.46. The fourth-order valence-electron chi connectivity index (χ4n) is 2.79. The molecule has 2 N–H and O–H groups in total. The van der Waals surface area contributed by atoms with E-state index < -0.39 is 0 Å². The summed E-state index contributed by atoms with van der Waals surface area (Å²) in [5.41, 5.74) is 2.23. The maximum Gasteiger partial charge on any atom is 0.225 e. The molecule has 1 unspecified atom stereocenters. The number of nitrogens with one attached hydrogen (secondary N) is 2. The summed E-state index contributed by atoms with van der Waals surface area (Å²) in [5.74, 6) is 0.220. The van der Waals surface area contributed by atoms with E-state index in [0.29, 0.717) is 0 Å². The molecule has 21 heavy (non-hydrogen) atoms. The molecule has 1 amide bonds. The molecule has 108 valence electrons. The van der Waals surface area contributed by atoms with Gasteiger partial charge in [-0.15, -0.1) is 0 Å². The van der Waals surface area contributed by atoms with Gasteiger partial charge >= 0.3 is 0 Å². The van der Waals surface area contributed by atoms with Crippen molar-refractivity contribution in [3.8, 4) is 0 Å². The largest absolute Gasteiger partial charge is 0.345 e. The van der Waals surface area contributed by atoms with Crippen LogP contribution in [0.1, 0.15) is 23.6 Å². The topological polar surface area (TPSA) is 41.1 Å². The minimum atomic E-state index is -0.0829. The van der Waals surface area contributed by atoms with Gasteiger partial charge < -0.3 is 10.6 Å². The zero-order valence-corrected chi connectivity index (χ0v) is 12.0. The maximum absolute atomic E-state index is 12.5. The van der Waals surface area contributed by atoms with Gasteiger partial charge in [0.15, 0.2) is 0 Å². The van der Waals surface area contributed by atoms with Gasteiger partial charge in [0.2, 0.25) is 5.91 Å². The Hall–Kier alpha value is -2.13. The molecule has 3 nitrogen and oxygen atoms in total. The fourth-order valence-corrected chi connectivity index (χ4v) is 2.79. The van der Waals surface area contributed by atoms with Gasteiger partial charge in [-0.05, 0) is 24.1 Å². The Morgan fingerprint density at radius 2 is 1.57 bits per heavy atom. The summed E-state index contributed by atoms with van der Waals surface area (Å²) in [6.45, 7) is 1.71. The average Bonchev–Trinajstić information content (AvgIpc) is 3.09. The second kappa shape index (κ2) is 6.55. The van der Waals surface area contributed by atoms with Crippen LogP contribution in [0, 0.1) is 5.92 Å². The molecule has 0 aliphatic carbocycles. The van der Waals surface area contributed by atoms with Crippen molar-refractivity contribution in [2.75, 3.05) is 13.1 Å². The van der Waals surface area contributed by atoms with Crippen LogP contribution in [-0.2, 0) is 4.79 Å². The van der Waals surface area contributed by atoms with Gasteiger partial charge in [-0.3, -0.25) is 4.79 Å². The molecular weight excluding hydrogens is 260 g/mol. The van der Waals surface area contributed by atoms with Crippen LogP contribution in [0.3, 0.4) is 0 Å². The first-order valence-electron chi connectivity index (χ1n) is 7.45. The minimum Gasteiger partial charge on any atom is -0.345 e. The normalized spacial score (nSPS) is 17.9. The van der Waals surface area contributed by atoms with E-state index in [1.54, 1.807) is 0 Å². The van der Waals surface area contributed by atoms with Crippen molar-refractivity contribution in [2.24, 2.45) is 5.92 Å². The second-order valence-corrected chi connectivity index (χ2v) is 5.45. The van der Waals surface area contributed by atoms with E-state index in [1.807, 2.05) is 36.4 Å². The second-order valence-electron chi connectivity index (χ2n) is 5.45. The molecule has 0 bridgehead atoms. The smallest absolute Gasteiger partial charge is 0.225 e. The van der Waals surface area contributed by atoms with Gasteiger partial charge in [0, 0.05) is 6.54 Å². The first kappa shape index (κ1) is 13.8. The molecule has 0 spiro atoms. The Labute approximate surface area is 125 Å². The number of carbonyl (C=O) groups excluding carboxylic acids is 1. The lowest BCUT2D eigenvalue weighted by molar-refractivity contribution is -0.124. The van der Waals surface area contributed by atoms with Gasteiger partial charge in [0.1, 0.15) is 0 Å². The lowest BCUT2D eigenvalue weighted by Crippen LogP contribution is -2.35. The number of amides is 1. The number of carbonyl (C=O) groups is 1. The van der Waals surface area contributed by atoms with Crippen LogP contribution >= 0.6 is 0 Å². The van der Waals surface area contributed by atoms with E-state index >= 15 is 0 Å². The van der Waals surface area contributed by atoms with Crippen molar-refractivity contribution in [3.05, 3.63) is 71.8 Å². The van der Waals surface area contributed by atoms with E-state index in [4.69, 9.17) is 0 Å². The molecule has 2 aromatic rings. The van der Waals surface area contributed by atoms with Crippen molar-refractivity contribution < 1.29 is 4.79 Å². The molecule has 1 aliphatic heterocycles. The Kier molecular flexibility index (Phi) is 4.31. The third-order valence-corrected chi connectivity index (χ3v) is 3.98. The molecule has 1 heterocycles. The Morgan fingerprint density at radius 3 is 2.05 bits per heavy atom. The monoisotopic (exact) mass is 280 g/mol. The summed E-state index contributed by atoms with van der Waals surface area (Å²) >= 11 is 0. The molecule has 0 saturated carbocycles. The lowest BCUT2D eigenvalue weighted by atomic mass is 9.97. The number of benzene rings is 2. The third-order valence-electron chi connectivity index (χ3n) is 3.98. The molecule has 1 atom stereocenters. The zero-order chi connectivity index (χ0) is 14.5. The number of rotatable bonds is 4. The first-order valence-corrected chi connectivity index (χ1v) is 7.45. The van der Waals surface area contributed by atoms with Gasteiger partial charge in [0.25, 0.3) is 0 Å². The third kappa shape index (κ3) is 3.31. The lowest BCUT2D eigenvalue weighted by Gasteiger charge is -2.21. The Morgan fingerprint density at radius 1 is 1.00 bits per heavy atom. The Bertz CT molecular complexity index is 537. The van der Waals surface area contributed by atoms with Crippen LogP contribution in [-0.4, -0.2) is 19.0 Å². The van der Waals surface area contributed by atoms with E-state index in [2.05, 4.69) is 34.9 Å². The first-order chi connectivity index (χ1) is 10.3. The molecule has 3 rings (SSSR count). The van der Waals surface area contributed by atoms with E-state index in [0.717, 1.165) is 30.6 Å². The van der Waals surface area contributed by atoms with E-state index in [-0.39, 0.29) is 17.9 Å². The average molecular weight is 280 g/mol. The summed E-state index contributed by atoms with van der Waals surface area (Å²) < 4.78 is 0. The highest BCUT2D eigenvalue weighted by molar-refractivity contribution is 5.80. The van der Waals surface area contributed by atoms with Crippen molar-refractivity contribution in [1.29, 1.82) is 0 Å². The summed E-state index contributed by atoms with van der Waals surface area (Å²) in [6, 6.07) is 20.2. The fraction of sp³-hybridized carbons (Fsp3) is 0.278. The van der Waals surface area contributed by atoms with Crippen LogP contribution < -0.4 is 10.6 Å². The van der Waals surface area contributed by atoms with Crippen LogP contribution in [0.4, 0.5) is 0 Å². The van der Waals surface area contributed by atoms with Gasteiger partial charge in [-0.25, -0.2) is 0 Å². The molecular formula is C18H20N2O. The molecule has 0 radical (unpaired) electrons. The van der Waals surface area contributed by atoms with Gasteiger partial charge in [-0.2, -0.15) is 0 Å². The van der Waals surface area contributed by atoms with Crippen molar-refractivity contribution in [1.82, 2.24) is 10.6 Å². The van der Waals surface area contributed by atoms with Gasteiger partial charge in [-0.1, -0.05) is 60.7 Å². The molecule has 1 saturated heterocycles. The van der Waals surface area contributed by atoms with Crippen molar-refractivity contribution >= 4 is 5.91 Å². The standard InChI is InChI=1S/C18H20N2O/c21-18(16-11-12-19-13-16)20-17(14-7-3-1-4-8-14)15-9-5-2-6-10-15/h1-10,16-17,19H,11-13H2,(H,20,21). The van der Waals surface area contributed by atoms with Crippen LogP contribution in [0.25, 0.3) is 0 Å². The van der Waals surface area contributed by atoms with Crippen molar-refractivity contribution in [3.63, 3.8) is 0 Å². The SMILES string of the molecule is O=C(NC(c1ccccc1)c1ccccc1)C1CCNC1. The Balaban J connectivity index is 1.84. The highest BCUT2D eigenvalue weighted by atomic mass is 16.2. The van der Waals surface area contributed by atoms with Crippen LogP contribution in [0.2, 0.25) is 0 Å².